The third-order valence-electron chi connectivity index (χ3n) is 4.37. The molecule has 0 spiro atoms. The van der Waals surface area contributed by atoms with Gasteiger partial charge in [-0.1, -0.05) is 0 Å². The fraction of sp³-hybridized carbons (Fsp3) is 0.929. The quantitative estimate of drug-likeness (QED) is 0.742. The van der Waals surface area contributed by atoms with E-state index in [0.29, 0.717) is 25.4 Å². The van der Waals surface area contributed by atoms with E-state index in [0.717, 1.165) is 45.2 Å². The van der Waals surface area contributed by atoms with Crippen molar-refractivity contribution in [2.75, 3.05) is 25.9 Å². The number of hydrogen-bond donors (Lipinski definition) is 2. The highest BCUT2D eigenvalue weighted by atomic mass is 35.5. The molecule has 22 heavy (non-hydrogen) atoms. The van der Waals surface area contributed by atoms with Crippen LogP contribution in [0.2, 0.25) is 0 Å². The maximum absolute atomic E-state index is 12.5. The molecular weight excluding hydrogens is 326 g/mol. The van der Waals surface area contributed by atoms with Crippen LogP contribution >= 0.6 is 12.4 Å². The minimum Gasteiger partial charge on any atom is -0.340 e. The Bertz CT molecular complexity index is 452. The Morgan fingerprint density at radius 2 is 2.05 bits per heavy atom. The Morgan fingerprint density at radius 3 is 2.68 bits per heavy atom. The van der Waals surface area contributed by atoms with E-state index in [4.69, 9.17) is 0 Å². The van der Waals surface area contributed by atoms with Gasteiger partial charge >= 0.3 is 0 Å². The van der Waals surface area contributed by atoms with Crippen LogP contribution in [-0.2, 0) is 14.8 Å². The summed E-state index contributed by atoms with van der Waals surface area (Å²) in [7, 11) is -3.14. The molecule has 8 heteroatoms. The van der Waals surface area contributed by atoms with Crippen LogP contribution in [0.1, 0.15) is 44.9 Å². The molecule has 2 atom stereocenters. The monoisotopic (exact) mass is 353 g/mol. The maximum atomic E-state index is 12.5. The summed E-state index contributed by atoms with van der Waals surface area (Å²) in [6, 6.07) is 0.510. The SMILES string of the molecule is CS(=O)(=O)NCCC1CCCCN1C(=O)CC1CCCN1.Cl. The number of likely N-dealkylation sites (tertiary alicyclic amines) is 1. The molecule has 2 fully saturated rings. The molecule has 2 aliphatic rings. The molecule has 2 heterocycles. The number of rotatable bonds is 6. The van der Waals surface area contributed by atoms with Gasteiger partial charge in [0, 0.05) is 31.6 Å². The van der Waals surface area contributed by atoms with Crippen molar-refractivity contribution in [3.63, 3.8) is 0 Å². The Morgan fingerprint density at radius 1 is 1.27 bits per heavy atom. The molecule has 0 saturated carbocycles. The summed E-state index contributed by atoms with van der Waals surface area (Å²) in [5, 5.41) is 3.37. The normalized spacial score (nSPS) is 25.8. The summed E-state index contributed by atoms with van der Waals surface area (Å²) in [6.07, 6.45) is 7.85. The topological polar surface area (TPSA) is 78.5 Å². The predicted molar refractivity (Wildman–Crippen MR) is 89.7 cm³/mol. The van der Waals surface area contributed by atoms with Crippen LogP contribution in [0.4, 0.5) is 0 Å². The third kappa shape index (κ3) is 6.40. The highest BCUT2D eigenvalue weighted by molar-refractivity contribution is 7.88. The molecule has 2 saturated heterocycles. The zero-order chi connectivity index (χ0) is 15.3. The van der Waals surface area contributed by atoms with Gasteiger partial charge in [-0.15, -0.1) is 12.4 Å². The van der Waals surface area contributed by atoms with Gasteiger partial charge in [0.2, 0.25) is 15.9 Å². The molecule has 0 radical (unpaired) electrons. The molecule has 1 amide bonds. The highest BCUT2D eigenvalue weighted by Gasteiger charge is 2.28. The average molecular weight is 354 g/mol. The van der Waals surface area contributed by atoms with Crippen molar-refractivity contribution in [3.05, 3.63) is 0 Å². The van der Waals surface area contributed by atoms with Crippen LogP contribution in [0.15, 0.2) is 0 Å². The number of amides is 1. The van der Waals surface area contributed by atoms with E-state index in [2.05, 4.69) is 10.0 Å². The van der Waals surface area contributed by atoms with E-state index in [1.54, 1.807) is 0 Å². The number of sulfonamides is 1. The van der Waals surface area contributed by atoms with Gasteiger partial charge in [0.25, 0.3) is 0 Å². The number of nitrogens with one attached hydrogen (secondary N) is 2. The summed E-state index contributed by atoms with van der Waals surface area (Å²) in [6.45, 7) is 2.24. The number of hydrogen-bond acceptors (Lipinski definition) is 4. The van der Waals surface area contributed by atoms with Gasteiger partial charge in [-0.2, -0.15) is 0 Å². The average Bonchev–Trinajstić information content (AvgIpc) is 2.90. The molecule has 2 N–H and O–H groups in total. The van der Waals surface area contributed by atoms with Crippen LogP contribution in [0.25, 0.3) is 0 Å². The van der Waals surface area contributed by atoms with Crippen LogP contribution < -0.4 is 10.0 Å². The lowest BCUT2D eigenvalue weighted by atomic mass is 9.98. The second-order valence-electron chi connectivity index (χ2n) is 6.19. The van der Waals surface area contributed by atoms with Crippen molar-refractivity contribution < 1.29 is 13.2 Å². The summed E-state index contributed by atoms with van der Waals surface area (Å²) in [5.41, 5.74) is 0. The summed E-state index contributed by atoms with van der Waals surface area (Å²) < 4.78 is 24.8. The lowest BCUT2D eigenvalue weighted by Crippen LogP contribution is -2.46. The Kier molecular flexibility index (Phi) is 8.10. The van der Waals surface area contributed by atoms with Crippen LogP contribution in [0.3, 0.4) is 0 Å². The van der Waals surface area contributed by atoms with Crippen molar-refractivity contribution in [2.24, 2.45) is 0 Å². The van der Waals surface area contributed by atoms with E-state index in [9.17, 15) is 13.2 Å². The van der Waals surface area contributed by atoms with Crippen LogP contribution in [0.5, 0.6) is 0 Å². The molecule has 2 unspecified atom stereocenters. The Hall–Kier alpha value is -0.370. The van der Waals surface area contributed by atoms with Gasteiger partial charge in [-0.3, -0.25) is 4.79 Å². The Balaban J connectivity index is 0.00000242. The van der Waals surface area contributed by atoms with E-state index in [1.807, 2.05) is 4.90 Å². The van der Waals surface area contributed by atoms with Crippen molar-refractivity contribution in [1.29, 1.82) is 0 Å². The second kappa shape index (κ2) is 9.05. The maximum Gasteiger partial charge on any atom is 0.224 e. The molecule has 0 aliphatic carbocycles. The molecule has 0 aromatic carbocycles. The van der Waals surface area contributed by atoms with Crippen LogP contribution in [0, 0.1) is 0 Å². The van der Waals surface area contributed by atoms with Crippen molar-refractivity contribution in [1.82, 2.24) is 14.9 Å². The minimum absolute atomic E-state index is 0. The first-order chi connectivity index (χ1) is 9.96. The number of piperidine rings is 1. The molecule has 2 rings (SSSR count). The van der Waals surface area contributed by atoms with E-state index < -0.39 is 10.0 Å². The molecule has 0 bridgehead atoms. The van der Waals surface area contributed by atoms with E-state index in [1.165, 1.54) is 6.26 Å². The molecule has 130 valence electrons. The molecule has 0 aromatic rings. The second-order valence-corrected chi connectivity index (χ2v) is 8.02. The Labute approximate surface area is 139 Å². The van der Waals surface area contributed by atoms with Gasteiger partial charge in [0.05, 0.1) is 6.26 Å². The van der Waals surface area contributed by atoms with Gasteiger partial charge in [-0.25, -0.2) is 13.1 Å². The summed E-state index contributed by atoms with van der Waals surface area (Å²) in [5.74, 6) is 0.221. The van der Waals surface area contributed by atoms with Gasteiger partial charge in [-0.05, 0) is 45.1 Å². The lowest BCUT2D eigenvalue weighted by molar-refractivity contribution is -0.135. The van der Waals surface area contributed by atoms with E-state index in [-0.39, 0.29) is 24.4 Å². The summed E-state index contributed by atoms with van der Waals surface area (Å²) in [4.78, 5) is 14.5. The third-order valence-corrected chi connectivity index (χ3v) is 5.10. The van der Waals surface area contributed by atoms with Gasteiger partial charge in [0.15, 0.2) is 0 Å². The first-order valence-electron chi connectivity index (χ1n) is 7.93. The fourth-order valence-electron chi connectivity index (χ4n) is 3.30. The molecular formula is C14H28ClN3O3S. The predicted octanol–water partition coefficient (Wildman–Crippen LogP) is 0.871. The lowest BCUT2D eigenvalue weighted by Gasteiger charge is -2.36. The van der Waals surface area contributed by atoms with E-state index >= 15 is 0 Å². The van der Waals surface area contributed by atoms with Crippen LogP contribution in [-0.4, -0.2) is 57.2 Å². The first-order valence-corrected chi connectivity index (χ1v) is 9.82. The van der Waals surface area contributed by atoms with Crippen molar-refractivity contribution >= 4 is 28.3 Å². The number of carbonyl (C=O) groups is 1. The molecule has 2 aliphatic heterocycles. The van der Waals surface area contributed by atoms with Gasteiger partial charge < -0.3 is 10.2 Å². The summed E-state index contributed by atoms with van der Waals surface area (Å²) >= 11 is 0. The van der Waals surface area contributed by atoms with Gasteiger partial charge in [0.1, 0.15) is 0 Å². The fourth-order valence-corrected chi connectivity index (χ4v) is 3.79. The highest BCUT2D eigenvalue weighted by Crippen LogP contribution is 2.21. The smallest absolute Gasteiger partial charge is 0.224 e. The van der Waals surface area contributed by atoms with Crippen molar-refractivity contribution in [2.45, 2.75) is 57.0 Å². The minimum atomic E-state index is -3.14. The molecule has 6 nitrogen and oxygen atoms in total. The zero-order valence-electron chi connectivity index (χ0n) is 13.2. The largest absolute Gasteiger partial charge is 0.340 e. The van der Waals surface area contributed by atoms with Crippen molar-refractivity contribution in [3.8, 4) is 0 Å². The zero-order valence-corrected chi connectivity index (χ0v) is 14.8. The number of nitrogens with zero attached hydrogens (tertiary/aromatic N) is 1. The standard InChI is InChI=1S/C14H27N3O3S.ClH/c1-21(19,20)16-9-7-13-6-2-3-10-17(13)14(18)11-12-5-4-8-15-12;/h12-13,15-16H,2-11H2,1H3;1H. The first kappa shape index (κ1) is 19.7. The number of halogens is 1. The number of carbonyl (C=O) groups excluding carboxylic acids is 1. The molecule has 0 aromatic heterocycles.